The summed E-state index contributed by atoms with van der Waals surface area (Å²) in [5.41, 5.74) is 3.33. The molecule has 0 saturated heterocycles. The summed E-state index contributed by atoms with van der Waals surface area (Å²) in [5.74, 6) is -0.475. The van der Waals surface area contributed by atoms with E-state index < -0.39 is 5.97 Å². The molecule has 0 unspecified atom stereocenters. The Kier molecular flexibility index (Phi) is 2.56. The van der Waals surface area contributed by atoms with E-state index >= 15 is 0 Å². The minimum Gasteiger partial charge on any atom is -0.478 e. The number of aryl methyl sites for hydroxylation is 1. The van der Waals surface area contributed by atoms with Crippen LogP contribution < -0.4 is 0 Å². The molecule has 19 heavy (non-hydrogen) atoms. The predicted molar refractivity (Wildman–Crippen MR) is 71.1 cm³/mol. The Labute approximate surface area is 109 Å². The lowest BCUT2D eigenvalue weighted by Crippen LogP contribution is -1.94. The van der Waals surface area contributed by atoms with Crippen molar-refractivity contribution in [3.8, 4) is 11.5 Å². The number of carboxylic acids is 1. The number of rotatable bonds is 2. The lowest BCUT2D eigenvalue weighted by Gasteiger charge is -1.96. The minimum atomic E-state index is -0.976. The Morgan fingerprint density at radius 2 is 2.05 bits per heavy atom. The molecule has 0 fully saturated rings. The van der Waals surface area contributed by atoms with Gasteiger partial charge in [-0.05, 0) is 37.3 Å². The molecule has 3 aromatic rings. The number of carboxylic acid groups (broad SMARTS) is 1. The van der Waals surface area contributed by atoms with E-state index in [1.165, 1.54) is 12.1 Å². The van der Waals surface area contributed by atoms with E-state index in [4.69, 9.17) is 9.52 Å². The molecule has 0 spiro atoms. The van der Waals surface area contributed by atoms with E-state index in [0.29, 0.717) is 17.0 Å². The Morgan fingerprint density at radius 3 is 2.79 bits per heavy atom. The van der Waals surface area contributed by atoms with Crippen LogP contribution in [0.3, 0.4) is 0 Å². The number of benzene rings is 2. The first-order chi connectivity index (χ1) is 9.13. The summed E-state index contributed by atoms with van der Waals surface area (Å²) in [6.45, 7) is 1.99. The third-order valence-corrected chi connectivity index (χ3v) is 2.90. The van der Waals surface area contributed by atoms with Crippen molar-refractivity contribution >= 4 is 17.1 Å². The van der Waals surface area contributed by atoms with Gasteiger partial charge in [-0.2, -0.15) is 0 Å². The van der Waals surface area contributed by atoms with Crippen molar-refractivity contribution in [2.24, 2.45) is 0 Å². The van der Waals surface area contributed by atoms with E-state index in [-0.39, 0.29) is 5.56 Å². The average molecular weight is 253 g/mol. The predicted octanol–water partition coefficient (Wildman–Crippen LogP) is 3.50. The van der Waals surface area contributed by atoms with Crippen LogP contribution in [0.15, 0.2) is 46.9 Å². The van der Waals surface area contributed by atoms with Crippen LogP contribution in [0.1, 0.15) is 15.9 Å². The topological polar surface area (TPSA) is 63.3 Å². The molecule has 0 aliphatic heterocycles. The van der Waals surface area contributed by atoms with Crippen LogP contribution >= 0.6 is 0 Å². The largest absolute Gasteiger partial charge is 0.478 e. The first-order valence-corrected chi connectivity index (χ1v) is 5.84. The number of hydrogen-bond donors (Lipinski definition) is 1. The van der Waals surface area contributed by atoms with Gasteiger partial charge < -0.3 is 9.52 Å². The van der Waals surface area contributed by atoms with E-state index in [9.17, 15) is 4.79 Å². The fourth-order valence-corrected chi connectivity index (χ4v) is 1.96. The standard InChI is InChI=1S/C15H11NO3/c1-9-3-2-4-10(7-9)14-16-12-6-5-11(15(17)18)8-13(12)19-14/h2-8H,1H3,(H,17,18). The molecule has 1 aromatic heterocycles. The molecule has 1 heterocycles. The van der Waals surface area contributed by atoms with Crippen LogP contribution in [0.25, 0.3) is 22.6 Å². The van der Waals surface area contributed by atoms with Crippen LogP contribution in [0.5, 0.6) is 0 Å². The van der Waals surface area contributed by atoms with E-state index in [1.807, 2.05) is 31.2 Å². The maximum Gasteiger partial charge on any atom is 0.335 e. The molecule has 0 bridgehead atoms. The SMILES string of the molecule is Cc1cccc(-c2nc3ccc(C(=O)O)cc3o2)c1. The van der Waals surface area contributed by atoms with Gasteiger partial charge in [0, 0.05) is 5.56 Å². The number of aromatic nitrogens is 1. The third kappa shape index (κ3) is 2.08. The van der Waals surface area contributed by atoms with Gasteiger partial charge in [0.05, 0.1) is 5.56 Å². The van der Waals surface area contributed by atoms with Crippen molar-refractivity contribution in [1.29, 1.82) is 0 Å². The number of aromatic carboxylic acids is 1. The van der Waals surface area contributed by atoms with Crippen molar-refractivity contribution in [2.75, 3.05) is 0 Å². The first-order valence-electron chi connectivity index (χ1n) is 5.84. The summed E-state index contributed by atoms with van der Waals surface area (Å²) in [6, 6.07) is 12.5. The molecule has 0 atom stereocenters. The zero-order chi connectivity index (χ0) is 13.4. The molecular formula is C15H11NO3. The molecular weight excluding hydrogens is 242 g/mol. The smallest absolute Gasteiger partial charge is 0.335 e. The van der Waals surface area contributed by atoms with Gasteiger partial charge in [-0.1, -0.05) is 17.7 Å². The van der Waals surface area contributed by atoms with Gasteiger partial charge >= 0.3 is 5.97 Å². The Balaban J connectivity index is 2.14. The summed E-state index contributed by atoms with van der Waals surface area (Å²) in [4.78, 5) is 15.3. The molecule has 0 aliphatic carbocycles. The summed E-state index contributed by atoms with van der Waals surface area (Å²) in [5, 5.41) is 8.94. The van der Waals surface area contributed by atoms with Gasteiger partial charge in [0.2, 0.25) is 5.89 Å². The van der Waals surface area contributed by atoms with Crippen molar-refractivity contribution in [3.63, 3.8) is 0 Å². The molecule has 4 heteroatoms. The average Bonchev–Trinajstić information content (AvgIpc) is 2.81. The molecule has 0 saturated carbocycles. The van der Waals surface area contributed by atoms with Crippen molar-refractivity contribution in [1.82, 2.24) is 4.98 Å². The summed E-state index contributed by atoms with van der Waals surface area (Å²) < 4.78 is 5.63. The molecule has 94 valence electrons. The fourth-order valence-electron chi connectivity index (χ4n) is 1.96. The maximum absolute atomic E-state index is 10.9. The number of nitrogens with zero attached hydrogens (tertiary/aromatic N) is 1. The van der Waals surface area contributed by atoms with Gasteiger partial charge in [0.25, 0.3) is 0 Å². The van der Waals surface area contributed by atoms with Crippen molar-refractivity contribution in [2.45, 2.75) is 6.92 Å². The van der Waals surface area contributed by atoms with Crippen LogP contribution in [0.2, 0.25) is 0 Å². The van der Waals surface area contributed by atoms with Crippen molar-refractivity contribution in [3.05, 3.63) is 53.6 Å². The van der Waals surface area contributed by atoms with Crippen LogP contribution in [0.4, 0.5) is 0 Å². The number of fused-ring (bicyclic) bond motifs is 1. The Morgan fingerprint density at radius 1 is 1.21 bits per heavy atom. The second kappa shape index (κ2) is 4.24. The molecule has 2 aromatic carbocycles. The minimum absolute atomic E-state index is 0.194. The quantitative estimate of drug-likeness (QED) is 0.759. The van der Waals surface area contributed by atoms with Crippen molar-refractivity contribution < 1.29 is 14.3 Å². The second-order valence-corrected chi connectivity index (χ2v) is 4.38. The van der Waals surface area contributed by atoms with Gasteiger partial charge in [-0.25, -0.2) is 9.78 Å². The highest BCUT2D eigenvalue weighted by Gasteiger charge is 2.11. The lowest BCUT2D eigenvalue weighted by atomic mass is 10.1. The highest BCUT2D eigenvalue weighted by atomic mass is 16.4. The maximum atomic E-state index is 10.9. The highest BCUT2D eigenvalue weighted by molar-refractivity contribution is 5.92. The Hall–Kier alpha value is -2.62. The summed E-state index contributed by atoms with van der Waals surface area (Å²) in [7, 11) is 0. The second-order valence-electron chi connectivity index (χ2n) is 4.38. The van der Waals surface area contributed by atoms with E-state index in [0.717, 1.165) is 11.1 Å². The van der Waals surface area contributed by atoms with Gasteiger partial charge in [0.1, 0.15) is 5.52 Å². The summed E-state index contributed by atoms with van der Waals surface area (Å²) in [6.07, 6.45) is 0. The highest BCUT2D eigenvalue weighted by Crippen LogP contribution is 2.25. The number of oxazole rings is 1. The molecule has 3 rings (SSSR count). The van der Waals surface area contributed by atoms with Crippen LogP contribution in [-0.4, -0.2) is 16.1 Å². The monoisotopic (exact) mass is 253 g/mol. The number of carbonyl (C=O) groups is 1. The van der Waals surface area contributed by atoms with E-state index in [1.54, 1.807) is 6.07 Å². The third-order valence-electron chi connectivity index (χ3n) is 2.90. The normalized spacial score (nSPS) is 10.8. The van der Waals surface area contributed by atoms with Gasteiger partial charge in [0.15, 0.2) is 5.58 Å². The number of hydrogen-bond acceptors (Lipinski definition) is 3. The zero-order valence-electron chi connectivity index (χ0n) is 10.3. The molecule has 4 nitrogen and oxygen atoms in total. The van der Waals surface area contributed by atoms with Gasteiger partial charge in [-0.15, -0.1) is 0 Å². The van der Waals surface area contributed by atoms with Crippen LogP contribution in [0, 0.1) is 6.92 Å². The fraction of sp³-hybridized carbons (Fsp3) is 0.0667. The molecule has 1 N–H and O–H groups in total. The lowest BCUT2D eigenvalue weighted by molar-refractivity contribution is 0.0697. The first kappa shape index (κ1) is 11.5. The van der Waals surface area contributed by atoms with Crippen LogP contribution in [-0.2, 0) is 0 Å². The van der Waals surface area contributed by atoms with Gasteiger partial charge in [-0.3, -0.25) is 0 Å². The molecule has 0 aliphatic rings. The van der Waals surface area contributed by atoms with E-state index in [2.05, 4.69) is 4.98 Å². The zero-order valence-corrected chi connectivity index (χ0v) is 10.3. The molecule has 0 radical (unpaired) electrons. The summed E-state index contributed by atoms with van der Waals surface area (Å²) >= 11 is 0. The Bertz CT molecular complexity index is 774. The molecule has 0 amide bonds.